The van der Waals surface area contributed by atoms with Gasteiger partial charge in [0.25, 0.3) is 0 Å². The fraction of sp³-hybridized carbons (Fsp3) is 0. The zero-order chi connectivity index (χ0) is 14.8. The predicted molar refractivity (Wildman–Crippen MR) is 87.7 cm³/mol. The molecule has 0 unspecified atom stereocenters. The standard InChI is InChI=1S/C18H12N4.Ru/c1-3-7-15-13(5-1)9-11-17(19-15)21-22-18-12-10-14-6-2-4-8-16(14)20-18;/h1-12H;. The summed E-state index contributed by atoms with van der Waals surface area (Å²) in [6, 6.07) is 23.6. The van der Waals surface area contributed by atoms with E-state index in [2.05, 4.69) is 20.2 Å². The monoisotopic (exact) mass is 386 g/mol. The maximum atomic E-state index is 4.46. The van der Waals surface area contributed by atoms with Crippen LogP contribution in [-0.2, 0) is 19.5 Å². The summed E-state index contributed by atoms with van der Waals surface area (Å²) in [7, 11) is 0. The van der Waals surface area contributed by atoms with Crippen LogP contribution in [0.3, 0.4) is 0 Å². The zero-order valence-corrected chi connectivity index (χ0v) is 13.8. The molecule has 4 nitrogen and oxygen atoms in total. The van der Waals surface area contributed by atoms with Gasteiger partial charge in [-0.05, 0) is 36.4 Å². The third-order valence-electron chi connectivity index (χ3n) is 3.42. The van der Waals surface area contributed by atoms with E-state index in [0.29, 0.717) is 11.6 Å². The van der Waals surface area contributed by atoms with Gasteiger partial charge in [-0.2, -0.15) is 0 Å². The first-order valence-corrected chi connectivity index (χ1v) is 7.02. The average molecular weight is 385 g/mol. The van der Waals surface area contributed by atoms with Crippen LogP contribution in [0.1, 0.15) is 0 Å². The van der Waals surface area contributed by atoms with Gasteiger partial charge in [0, 0.05) is 30.3 Å². The first kappa shape index (κ1) is 15.4. The molecule has 4 rings (SSSR count). The first-order valence-electron chi connectivity index (χ1n) is 7.02. The molecule has 2 heterocycles. The van der Waals surface area contributed by atoms with E-state index in [4.69, 9.17) is 0 Å². The van der Waals surface area contributed by atoms with E-state index < -0.39 is 0 Å². The Balaban J connectivity index is 0.00000156. The number of pyridine rings is 2. The number of hydrogen-bond donors (Lipinski definition) is 0. The molecule has 0 atom stereocenters. The van der Waals surface area contributed by atoms with E-state index in [-0.39, 0.29) is 19.5 Å². The Morgan fingerprint density at radius 1 is 0.522 bits per heavy atom. The van der Waals surface area contributed by atoms with E-state index in [0.717, 1.165) is 21.8 Å². The number of fused-ring (bicyclic) bond motifs is 2. The van der Waals surface area contributed by atoms with Crippen LogP contribution in [0.2, 0.25) is 0 Å². The van der Waals surface area contributed by atoms with Crippen LogP contribution in [0.25, 0.3) is 21.8 Å². The summed E-state index contributed by atoms with van der Waals surface area (Å²) in [6.07, 6.45) is 0. The third kappa shape index (κ3) is 3.30. The van der Waals surface area contributed by atoms with Crippen LogP contribution >= 0.6 is 0 Å². The SMILES string of the molecule is [Ru].c1ccc2nc(N=Nc3ccc4ccccc4n3)ccc2c1. The molecule has 0 fully saturated rings. The van der Waals surface area contributed by atoms with Crippen molar-refractivity contribution in [3.8, 4) is 0 Å². The predicted octanol–water partition coefficient (Wildman–Crippen LogP) is 5.20. The Morgan fingerprint density at radius 3 is 1.43 bits per heavy atom. The quantitative estimate of drug-likeness (QED) is 0.352. The van der Waals surface area contributed by atoms with Gasteiger partial charge in [-0.25, -0.2) is 9.97 Å². The molecule has 0 spiro atoms. The van der Waals surface area contributed by atoms with Crippen LogP contribution in [-0.4, -0.2) is 9.97 Å². The van der Waals surface area contributed by atoms with Crippen molar-refractivity contribution in [1.29, 1.82) is 0 Å². The van der Waals surface area contributed by atoms with Gasteiger partial charge in [-0.1, -0.05) is 36.4 Å². The summed E-state index contributed by atoms with van der Waals surface area (Å²) in [4.78, 5) is 8.93. The number of aromatic nitrogens is 2. The van der Waals surface area contributed by atoms with E-state index in [1.165, 1.54) is 0 Å². The van der Waals surface area contributed by atoms with Crippen molar-refractivity contribution >= 4 is 33.4 Å². The fourth-order valence-corrected chi connectivity index (χ4v) is 2.32. The summed E-state index contributed by atoms with van der Waals surface area (Å²) in [5, 5.41) is 10.5. The molecule has 2 aromatic carbocycles. The second kappa shape index (κ2) is 6.72. The fourth-order valence-electron chi connectivity index (χ4n) is 2.32. The maximum absolute atomic E-state index is 4.46. The van der Waals surface area contributed by atoms with E-state index in [1.807, 2.05) is 72.8 Å². The second-order valence-electron chi connectivity index (χ2n) is 4.92. The Labute approximate surface area is 146 Å². The minimum absolute atomic E-state index is 0. The number of hydrogen-bond acceptors (Lipinski definition) is 4. The molecular formula is C18H12N4Ru. The molecule has 0 radical (unpaired) electrons. The molecule has 2 aromatic heterocycles. The Morgan fingerprint density at radius 2 is 0.957 bits per heavy atom. The molecule has 23 heavy (non-hydrogen) atoms. The van der Waals surface area contributed by atoms with Gasteiger partial charge < -0.3 is 0 Å². The van der Waals surface area contributed by atoms with E-state index in [9.17, 15) is 0 Å². The molecule has 4 aromatic rings. The first-order chi connectivity index (χ1) is 10.9. The topological polar surface area (TPSA) is 50.5 Å². The number of benzene rings is 2. The number of para-hydroxylation sites is 2. The van der Waals surface area contributed by atoms with Gasteiger partial charge in [0.1, 0.15) is 0 Å². The molecule has 5 heteroatoms. The van der Waals surface area contributed by atoms with Gasteiger partial charge in [-0.15, -0.1) is 10.2 Å². The second-order valence-corrected chi connectivity index (χ2v) is 4.92. The van der Waals surface area contributed by atoms with Crippen LogP contribution in [0.4, 0.5) is 11.6 Å². The number of nitrogens with zero attached hydrogens (tertiary/aromatic N) is 4. The largest absolute Gasteiger partial charge is 0.227 e. The van der Waals surface area contributed by atoms with E-state index >= 15 is 0 Å². The van der Waals surface area contributed by atoms with Gasteiger partial charge in [0.15, 0.2) is 11.6 Å². The van der Waals surface area contributed by atoms with Crippen molar-refractivity contribution < 1.29 is 19.5 Å². The van der Waals surface area contributed by atoms with Crippen molar-refractivity contribution in [3.63, 3.8) is 0 Å². The molecule has 0 aliphatic rings. The molecule has 0 bridgehead atoms. The smallest absolute Gasteiger partial charge is 0.175 e. The number of rotatable bonds is 2. The normalized spacial score (nSPS) is 11.0. The number of azo groups is 1. The molecule has 112 valence electrons. The van der Waals surface area contributed by atoms with E-state index in [1.54, 1.807) is 0 Å². The summed E-state index contributed by atoms with van der Waals surface area (Å²) in [5.74, 6) is 1.15. The molecule has 0 aliphatic heterocycles. The van der Waals surface area contributed by atoms with Gasteiger partial charge in [0.05, 0.1) is 11.0 Å². The average Bonchev–Trinajstić information content (AvgIpc) is 2.59. The summed E-state index contributed by atoms with van der Waals surface area (Å²) in [6.45, 7) is 0. The summed E-state index contributed by atoms with van der Waals surface area (Å²) in [5.41, 5.74) is 1.82. The van der Waals surface area contributed by atoms with Crippen LogP contribution in [0.5, 0.6) is 0 Å². The molecular weight excluding hydrogens is 373 g/mol. The molecule has 0 amide bonds. The van der Waals surface area contributed by atoms with Gasteiger partial charge >= 0.3 is 0 Å². The Hall–Kier alpha value is -2.52. The molecule has 0 N–H and O–H groups in total. The molecule has 0 aliphatic carbocycles. The summed E-state index contributed by atoms with van der Waals surface area (Å²) >= 11 is 0. The van der Waals surface area contributed by atoms with Crippen molar-refractivity contribution in [1.82, 2.24) is 9.97 Å². The molecule has 0 saturated carbocycles. The summed E-state index contributed by atoms with van der Waals surface area (Å²) < 4.78 is 0. The van der Waals surface area contributed by atoms with Crippen LogP contribution in [0.15, 0.2) is 83.0 Å². The van der Waals surface area contributed by atoms with Crippen LogP contribution in [0, 0.1) is 0 Å². The third-order valence-corrected chi connectivity index (χ3v) is 3.42. The zero-order valence-electron chi connectivity index (χ0n) is 12.1. The van der Waals surface area contributed by atoms with Crippen molar-refractivity contribution in [2.75, 3.05) is 0 Å². The Kier molecular flexibility index (Phi) is 4.49. The van der Waals surface area contributed by atoms with Gasteiger partial charge in [-0.3, -0.25) is 0 Å². The van der Waals surface area contributed by atoms with Crippen molar-refractivity contribution in [3.05, 3.63) is 72.8 Å². The maximum Gasteiger partial charge on any atom is 0.175 e. The van der Waals surface area contributed by atoms with Crippen molar-refractivity contribution in [2.24, 2.45) is 10.2 Å². The van der Waals surface area contributed by atoms with Gasteiger partial charge in [0.2, 0.25) is 0 Å². The minimum atomic E-state index is 0. The van der Waals surface area contributed by atoms with Crippen LogP contribution < -0.4 is 0 Å². The molecule has 0 saturated heterocycles. The van der Waals surface area contributed by atoms with Crippen molar-refractivity contribution in [2.45, 2.75) is 0 Å². The Bertz CT molecular complexity index is 917. The minimum Gasteiger partial charge on any atom is -0.227 e.